The van der Waals surface area contributed by atoms with E-state index in [9.17, 15) is 14.3 Å². The van der Waals surface area contributed by atoms with Crippen molar-refractivity contribution in [1.29, 1.82) is 0 Å². The average molecular weight is 405 g/mol. The van der Waals surface area contributed by atoms with Gasteiger partial charge in [-0.25, -0.2) is 14.1 Å². The summed E-state index contributed by atoms with van der Waals surface area (Å²) in [5.41, 5.74) is 4.13. The highest BCUT2D eigenvalue weighted by atomic mass is 19.1. The van der Waals surface area contributed by atoms with Crippen LogP contribution in [0.2, 0.25) is 0 Å². The maximum absolute atomic E-state index is 13.6. The minimum atomic E-state index is -0.305. The number of aromatic nitrogens is 3. The Bertz CT molecular complexity index is 1140. The van der Waals surface area contributed by atoms with Crippen molar-refractivity contribution in [3.63, 3.8) is 0 Å². The van der Waals surface area contributed by atoms with Crippen LogP contribution in [-0.2, 0) is 6.54 Å². The maximum Gasteiger partial charge on any atom is 0.252 e. The van der Waals surface area contributed by atoms with Gasteiger partial charge in [0, 0.05) is 23.4 Å². The van der Waals surface area contributed by atoms with E-state index in [0.29, 0.717) is 24.5 Å². The van der Waals surface area contributed by atoms with Gasteiger partial charge in [-0.15, -0.1) is 0 Å². The first-order valence-corrected chi connectivity index (χ1v) is 9.79. The second-order valence-electron chi connectivity index (χ2n) is 7.31. The van der Waals surface area contributed by atoms with Gasteiger partial charge < -0.3 is 15.7 Å². The van der Waals surface area contributed by atoms with Crippen molar-refractivity contribution in [3.05, 3.63) is 83.2 Å². The van der Waals surface area contributed by atoms with E-state index < -0.39 is 0 Å². The van der Waals surface area contributed by atoms with E-state index in [1.165, 1.54) is 18.5 Å². The Morgan fingerprint density at radius 2 is 2.03 bits per heavy atom. The molecule has 1 amide bonds. The summed E-state index contributed by atoms with van der Waals surface area (Å²) in [6.07, 6.45) is 3.47. The number of hydrogen-bond acceptors (Lipinski definition) is 5. The summed E-state index contributed by atoms with van der Waals surface area (Å²) in [5.74, 6) is -0.0470. The van der Waals surface area contributed by atoms with Gasteiger partial charge >= 0.3 is 0 Å². The van der Waals surface area contributed by atoms with Gasteiger partial charge in [-0.05, 0) is 35.4 Å². The van der Waals surface area contributed by atoms with Crippen LogP contribution in [0.3, 0.4) is 0 Å². The lowest BCUT2D eigenvalue weighted by Gasteiger charge is -2.37. The van der Waals surface area contributed by atoms with Gasteiger partial charge in [-0.1, -0.05) is 24.3 Å². The fraction of sp³-hybridized carbons (Fsp3) is 0.227. The number of amides is 1. The van der Waals surface area contributed by atoms with Gasteiger partial charge in [0.1, 0.15) is 18.0 Å². The minimum absolute atomic E-state index is 0.0708. The number of nitrogens with one attached hydrogen (secondary N) is 2. The highest BCUT2D eigenvalue weighted by Gasteiger charge is 2.39. The van der Waals surface area contributed by atoms with Gasteiger partial charge in [0.05, 0.1) is 25.1 Å². The average Bonchev–Trinajstić information content (AvgIpc) is 3.14. The zero-order chi connectivity index (χ0) is 20.7. The molecule has 3 heterocycles. The fourth-order valence-corrected chi connectivity index (χ4v) is 4.35. The number of benzene rings is 2. The van der Waals surface area contributed by atoms with Crippen LogP contribution in [0.1, 0.15) is 39.3 Å². The lowest BCUT2D eigenvalue weighted by Crippen LogP contribution is -2.29. The Kier molecular flexibility index (Phi) is 4.55. The molecule has 7 nitrogen and oxygen atoms in total. The van der Waals surface area contributed by atoms with Crippen LogP contribution in [0.15, 0.2) is 54.9 Å². The summed E-state index contributed by atoms with van der Waals surface area (Å²) < 4.78 is 15.3. The number of hydrogen-bond donors (Lipinski definition) is 3. The predicted molar refractivity (Wildman–Crippen MR) is 109 cm³/mol. The molecular weight excluding hydrogens is 385 g/mol. The molecule has 5 rings (SSSR count). The normalized spacial score (nSPS) is 19.9. The summed E-state index contributed by atoms with van der Waals surface area (Å²) in [7, 11) is 0. The van der Waals surface area contributed by atoms with E-state index in [1.807, 2.05) is 24.3 Å². The summed E-state index contributed by atoms with van der Waals surface area (Å²) in [5, 5.41) is 20.2. The van der Waals surface area contributed by atoms with Crippen molar-refractivity contribution in [3.8, 4) is 0 Å². The fourth-order valence-electron chi connectivity index (χ4n) is 4.35. The van der Waals surface area contributed by atoms with Crippen LogP contribution in [0, 0.1) is 5.82 Å². The molecule has 0 aliphatic carbocycles. The Balaban J connectivity index is 1.74. The molecular formula is C22H20FN5O2. The first-order chi connectivity index (χ1) is 14.7. The van der Waals surface area contributed by atoms with Crippen LogP contribution < -0.4 is 10.6 Å². The van der Waals surface area contributed by atoms with E-state index >= 15 is 0 Å². The molecule has 2 aliphatic heterocycles. The van der Waals surface area contributed by atoms with Gasteiger partial charge in [0.25, 0.3) is 5.91 Å². The minimum Gasteiger partial charge on any atom is -0.394 e. The largest absolute Gasteiger partial charge is 0.394 e. The second kappa shape index (κ2) is 7.38. The molecule has 8 heteroatoms. The molecule has 0 fully saturated rings. The van der Waals surface area contributed by atoms with Crippen LogP contribution in [-0.4, -0.2) is 38.9 Å². The topological polar surface area (TPSA) is 92.1 Å². The Labute approximate surface area is 172 Å². The van der Waals surface area contributed by atoms with E-state index in [-0.39, 0.29) is 30.3 Å². The van der Waals surface area contributed by atoms with Crippen molar-refractivity contribution >= 4 is 17.2 Å². The molecule has 2 unspecified atom stereocenters. The van der Waals surface area contributed by atoms with Crippen LogP contribution in [0.25, 0.3) is 5.57 Å². The van der Waals surface area contributed by atoms with Gasteiger partial charge in [-0.3, -0.25) is 4.79 Å². The number of anilines is 1. The first kappa shape index (κ1) is 18.5. The SMILES string of the molecule is O=C1NCC=C2c3c(cccc31)NC(c1ccc(F)cc1)C2c1ncnn1CCO. The number of aliphatic hydroxyl groups is 1. The molecule has 3 aromatic rings. The maximum atomic E-state index is 13.6. The molecule has 152 valence electrons. The number of carbonyl (C=O) groups excluding carboxylic acids is 1. The van der Waals surface area contributed by atoms with E-state index in [0.717, 1.165) is 22.4 Å². The van der Waals surface area contributed by atoms with E-state index in [4.69, 9.17) is 0 Å². The van der Waals surface area contributed by atoms with Gasteiger partial charge in [0.15, 0.2) is 0 Å². The number of aliphatic hydroxyl groups excluding tert-OH is 1. The smallest absolute Gasteiger partial charge is 0.252 e. The molecule has 2 atom stereocenters. The molecule has 0 spiro atoms. The molecule has 30 heavy (non-hydrogen) atoms. The highest BCUT2D eigenvalue weighted by Crippen LogP contribution is 2.50. The second-order valence-corrected chi connectivity index (χ2v) is 7.31. The third kappa shape index (κ3) is 2.96. The number of rotatable bonds is 4. The van der Waals surface area contributed by atoms with Crippen molar-refractivity contribution in [2.75, 3.05) is 18.5 Å². The Morgan fingerprint density at radius 3 is 2.83 bits per heavy atom. The standard InChI is InChI=1S/C22H20FN5O2/c23-14-6-4-13(5-7-14)20-19(21-25-12-26-28(21)10-11-29)15-8-9-24-22(30)16-2-1-3-17(27-20)18(15)16/h1-8,12,19-20,27,29H,9-11H2,(H,24,30). The molecule has 2 aliphatic rings. The lowest BCUT2D eigenvalue weighted by molar-refractivity contribution is 0.0958. The Morgan fingerprint density at radius 1 is 1.20 bits per heavy atom. The predicted octanol–water partition coefficient (Wildman–Crippen LogP) is 2.49. The summed E-state index contributed by atoms with van der Waals surface area (Å²) in [6, 6.07) is 11.7. The van der Waals surface area contributed by atoms with Crippen molar-refractivity contribution in [2.45, 2.75) is 18.5 Å². The molecule has 0 saturated carbocycles. The first-order valence-electron chi connectivity index (χ1n) is 9.79. The summed E-state index contributed by atoms with van der Waals surface area (Å²) in [4.78, 5) is 17.1. The molecule has 3 N–H and O–H groups in total. The van der Waals surface area contributed by atoms with Gasteiger partial charge in [-0.2, -0.15) is 5.10 Å². The van der Waals surface area contributed by atoms with Crippen LogP contribution in [0.4, 0.5) is 10.1 Å². The molecule has 0 saturated heterocycles. The quantitative estimate of drug-likeness (QED) is 0.620. The molecule has 0 radical (unpaired) electrons. The lowest BCUT2D eigenvalue weighted by atomic mass is 9.77. The molecule has 1 aromatic heterocycles. The number of nitrogens with zero attached hydrogens (tertiary/aromatic N) is 3. The van der Waals surface area contributed by atoms with E-state index in [1.54, 1.807) is 16.8 Å². The van der Waals surface area contributed by atoms with Crippen molar-refractivity contribution in [2.24, 2.45) is 0 Å². The summed E-state index contributed by atoms with van der Waals surface area (Å²) in [6.45, 7) is 0.628. The van der Waals surface area contributed by atoms with Crippen LogP contribution >= 0.6 is 0 Å². The summed E-state index contributed by atoms with van der Waals surface area (Å²) >= 11 is 0. The Hall–Kier alpha value is -3.52. The van der Waals surface area contributed by atoms with Crippen molar-refractivity contribution < 1.29 is 14.3 Å². The highest BCUT2D eigenvalue weighted by molar-refractivity contribution is 6.04. The molecule has 2 aromatic carbocycles. The molecule has 0 bridgehead atoms. The number of halogens is 1. The van der Waals surface area contributed by atoms with Gasteiger partial charge in [0.2, 0.25) is 0 Å². The van der Waals surface area contributed by atoms with Crippen LogP contribution in [0.5, 0.6) is 0 Å². The van der Waals surface area contributed by atoms with E-state index in [2.05, 4.69) is 20.7 Å². The van der Waals surface area contributed by atoms with Crippen molar-refractivity contribution in [1.82, 2.24) is 20.1 Å². The number of carbonyl (C=O) groups is 1. The monoisotopic (exact) mass is 405 g/mol. The zero-order valence-corrected chi connectivity index (χ0v) is 16.0. The third-order valence-electron chi connectivity index (χ3n) is 5.63. The zero-order valence-electron chi connectivity index (χ0n) is 16.0. The third-order valence-corrected chi connectivity index (χ3v) is 5.63.